The number of halogens is 2. The molecule has 0 aliphatic rings. The highest BCUT2D eigenvalue weighted by Crippen LogP contribution is 2.31. The van der Waals surface area contributed by atoms with Crippen molar-refractivity contribution < 1.29 is 9.53 Å². The molecular formula is C13H11BrClN3O2. The fourth-order valence-electron chi connectivity index (χ4n) is 1.60. The number of nitrogens with zero attached hydrogens (tertiary/aromatic N) is 2. The average molecular weight is 357 g/mol. The van der Waals surface area contributed by atoms with Gasteiger partial charge in [-0.15, -0.1) is 0 Å². The van der Waals surface area contributed by atoms with E-state index in [9.17, 15) is 4.79 Å². The molecule has 0 saturated heterocycles. The van der Waals surface area contributed by atoms with Gasteiger partial charge in [-0.3, -0.25) is 4.79 Å². The van der Waals surface area contributed by atoms with E-state index in [4.69, 9.17) is 16.3 Å². The van der Waals surface area contributed by atoms with Gasteiger partial charge in [0, 0.05) is 10.5 Å². The first-order valence-corrected chi connectivity index (χ1v) is 6.82. The van der Waals surface area contributed by atoms with Crippen LogP contribution in [0.15, 0.2) is 22.7 Å². The summed E-state index contributed by atoms with van der Waals surface area (Å²) >= 11 is 9.36. The van der Waals surface area contributed by atoms with E-state index in [1.807, 2.05) is 12.1 Å². The number of carbonyl (C=O) groups is 1. The van der Waals surface area contributed by atoms with Gasteiger partial charge in [-0.1, -0.05) is 11.6 Å². The quantitative estimate of drug-likeness (QED) is 0.667. The van der Waals surface area contributed by atoms with Crippen molar-refractivity contribution in [3.63, 3.8) is 0 Å². The lowest BCUT2D eigenvalue weighted by Gasteiger charge is -2.12. The van der Waals surface area contributed by atoms with Crippen molar-refractivity contribution in [2.75, 3.05) is 12.4 Å². The summed E-state index contributed by atoms with van der Waals surface area (Å²) in [6, 6.07) is 5.43. The molecule has 0 spiro atoms. The number of aromatic nitrogens is 2. The molecule has 104 valence electrons. The maximum absolute atomic E-state index is 11.1. The molecule has 1 heterocycles. The van der Waals surface area contributed by atoms with Crippen molar-refractivity contribution in [2.24, 2.45) is 0 Å². The zero-order chi connectivity index (χ0) is 14.7. The lowest BCUT2D eigenvalue weighted by atomic mass is 10.2. The topological polar surface area (TPSA) is 64.1 Å². The summed E-state index contributed by atoms with van der Waals surface area (Å²) < 4.78 is 5.97. The van der Waals surface area contributed by atoms with Crippen LogP contribution in [0, 0.1) is 6.92 Å². The van der Waals surface area contributed by atoms with Crippen LogP contribution in [0.2, 0.25) is 5.15 Å². The first-order valence-electron chi connectivity index (χ1n) is 5.65. The molecule has 7 heteroatoms. The van der Waals surface area contributed by atoms with Crippen LogP contribution < -0.4 is 10.1 Å². The molecule has 0 aliphatic carbocycles. The zero-order valence-electron chi connectivity index (χ0n) is 10.8. The number of anilines is 2. The summed E-state index contributed by atoms with van der Waals surface area (Å²) in [5.74, 6) is 1.51. The minimum Gasteiger partial charge on any atom is -0.497 e. The van der Waals surface area contributed by atoms with Crippen LogP contribution in [0.3, 0.4) is 0 Å². The number of ether oxygens (including phenoxy) is 1. The smallest absolute Gasteiger partial charge is 0.156 e. The Kier molecular flexibility index (Phi) is 4.57. The van der Waals surface area contributed by atoms with Gasteiger partial charge in [-0.2, -0.15) is 0 Å². The molecule has 1 aromatic heterocycles. The first-order chi connectivity index (χ1) is 9.55. The molecule has 2 rings (SSSR count). The third-order valence-corrected chi connectivity index (χ3v) is 3.54. The number of hydrogen-bond donors (Lipinski definition) is 1. The zero-order valence-corrected chi connectivity index (χ0v) is 13.1. The van der Waals surface area contributed by atoms with Crippen molar-refractivity contribution >= 4 is 45.3 Å². The molecule has 0 aliphatic heterocycles. The van der Waals surface area contributed by atoms with Gasteiger partial charge in [0.15, 0.2) is 6.29 Å². The molecule has 0 saturated carbocycles. The highest BCUT2D eigenvalue weighted by molar-refractivity contribution is 9.10. The highest BCUT2D eigenvalue weighted by Gasteiger charge is 2.12. The molecule has 0 fully saturated rings. The number of rotatable bonds is 4. The monoisotopic (exact) mass is 355 g/mol. The molecule has 0 radical (unpaired) electrons. The van der Waals surface area contributed by atoms with Crippen LogP contribution in [0.4, 0.5) is 11.5 Å². The van der Waals surface area contributed by atoms with E-state index in [-0.39, 0.29) is 10.7 Å². The molecule has 1 N–H and O–H groups in total. The number of aldehydes is 1. The summed E-state index contributed by atoms with van der Waals surface area (Å²) in [5, 5.41) is 3.17. The molecule has 2 aromatic rings. The fraction of sp³-hybridized carbons (Fsp3) is 0.154. The summed E-state index contributed by atoms with van der Waals surface area (Å²) in [6.45, 7) is 1.70. The third-order valence-electron chi connectivity index (χ3n) is 2.56. The second-order valence-electron chi connectivity index (χ2n) is 3.91. The van der Waals surface area contributed by atoms with Crippen LogP contribution >= 0.6 is 27.5 Å². The van der Waals surface area contributed by atoms with Crippen LogP contribution in [-0.2, 0) is 0 Å². The number of carbonyl (C=O) groups excluding carboxylic acids is 1. The first kappa shape index (κ1) is 14.7. The molecule has 0 bridgehead atoms. The van der Waals surface area contributed by atoms with Gasteiger partial charge in [0.25, 0.3) is 0 Å². The van der Waals surface area contributed by atoms with Crippen LogP contribution in [0.25, 0.3) is 0 Å². The van der Waals surface area contributed by atoms with Gasteiger partial charge in [-0.05, 0) is 35.0 Å². The van der Waals surface area contributed by atoms with Crippen LogP contribution in [0.1, 0.15) is 16.2 Å². The van der Waals surface area contributed by atoms with E-state index in [1.54, 1.807) is 20.1 Å². The van der Waals surface area contributed by atoms with E-state index in [0.717, 1.165) is 4.47 Å². The standard InChI is InChI=1S/C13H11BrClN3O2/c1-7-16-12(15)9(6-19)13(17-7)18-11-5-8(20-2)3-4-10(11)14/h3-6H,1-2H3,(H,16,17,18). The Morgan fingerprint density at radius 3 is 2.80 bits per heavy atom. The molecule has 5 nitrogen and oxygen atoms in total. The number of aryl methyl sites for hydroxylation is 1. The molecule has 0 unspecified atom stereocenters. The van der Waals surface area contributed by atoms with Crippen molar-refractivity contribution in [3.05, 3.63) is 39.2 Å². The van der Waals surface area contributed by atoms with E-state index in [0.29, 0.717) is 29.4 Å². The van der Waals surface area contributed by atoms with Gasteiger partial charge < -0.3 is 10.1 Å². The van der Waals surface area contributed by atoms with Crippen molar-refractivity contribution in [2.45, 2.75) is 6.92 Å². The fourth-order valence-corrected chi connectivity index (χ4v) is 2.20. The Morgan fingerprint density at radius 2 is 2.15 bits per heavy atom. The molecule has 0 amide bonds. The second-order valence-corrected chi connectivity index (χ2v) is 5.12. The van der Waals surface area contributed by atoms with Crippen molar-refractivity contribution in [1.29, 1.82) is 0 Å². The minimum absolute atomic E-state index is 0.119. The number of methoxy groups -OCH3 is 1. The molecule has 0 atom stereocenters. The van der Waals surface area contributed by atoms with Gasteiger partial charge in [0.05, 0.1) is 18.4 Å². The predicted molar refractivity (Wildman–Crippen MR) is 81.1 cm³/mol. The van der Waals surface area contributed by atoms with E-state index in [2.05, 4.69) is 31.2 Å². The van der Waals surface area contributed by atoms with Crippen LogP contribution in [-0.4, -0.2) is 23.4 Å². The van der Waals surface area contributed by atoms with Gasteiger partial charge in [0.2, 0.25) is 0 Å². The molecule has 20 heavy (non-hydrogen) atoms. The van der Waals surface area contributed by atoms with E-state index in [1.165, 1.54) is 0 Å². The summed E-state index contributed by atoms with van der Waals surface area (Å²) in [5.41, 5.74) is 0.925. The largest absolute Gasteiger partial charge is 0.497 e. The number of benzene rings is 1. The predicted octanol–water partition coefficient (Wildman–Crippen LogP) is 3.77. The molecule has 1 aromatic carbocycles. The SMILES string of the molecule is COc1ccc(Br)c(Nc2nc(C)nc(Cl)c2C=O)c1. The third kappa shape index (κ3) is 3.08. The Balaban J connectivity index is 2.46. The number of nitrogens with one attached hydrogen (secondary N) is 1. The Morgan fingerprint density at radius 1 is 1.40 bits per heavy atom. The van der Waals surface area contributed by atoms with Gasteiger partial charge >= 0.3 is 0 Å². The second kappa shape index (κ2) is 6.19. The summed E-state index contributed by atoms with van der Waals surface area (Å²) in [7, 11) is 1.58. The van der Waals surface area contributed by atoms with E-state index >= 15 is 0 Å². The lowest BCUT2D eigenvalue weighted by molar-refractivity contribution is 0.112. The Labute approximate surface area is 129 Å². The maximum atomic E-state index is 11.1. The van der Waals surface area contributed by atoms with Crippen LogP contribution in [0.5, 0.6) is 5.75 Å². The Hall–Kier alpha value is -1.66. The minimum atomic E-state index is 0.119. The van der Waals surface area contributed by atoms with E-state index < -0.39 is 0 Å². The van der Waals surface area contributed by atoms with Crippen molar-refractivity contribution in [1.82, 2.24) is 9.97 Å². The summed E-state index contributed by atoms with van der Waals surface area (Å²) in [4.78, 5) is 19.3. The number of hydrogen-bond acceptors (Lipinski definition) is 5. The summed E-state index contributed by atoms with van der Waals surface area (Å²) in [6.07, 6.45) is 0.623. The van der Waals surface area contributed by atoms with Gasteiger partial charge in [-0.25, -0.2) is 9.97 Å². The maximum Gasteiger partial charge on any atom is 0.156 e. The van der Waals surface area contributed by atoms with Crippen molar-refractivity contribution in [3.8, 4) is 5.75 Å². The lowest BCUT2D eigenvalue weighted by Crippen LogP contribution is -2.04. The average Bonchev–Trinajstić information content (AvgIpc) is 2.41. The Bertz CT molecular complexity index is 664. The highest BCUT2D eigenvalue weighted by atomic mass is 79.9. The van der Waals surface area contributed by atoms with Gasteiger partial charge in [0.1, 0.15) is 22.5 Å². The normalized spacial score (nSPS) is 10.2. The molecular weight excluding hydrogens is 346 g/mol.